The van der Waals surface area contributed by atoms with Gasteiger partial charge in [-0.1, -0.05) is 18.2 Å². The van der Waals surface area contributed by atoms with Crippen molar-refractivity contribution in [2.45, 2.75) is 19.3 Å². The van der Waals surface area contributed by atoms with Crippen molar-refractivity contribution >= 4 is 34.0 Å². The Morgan fingerprint density at radius 2 is 1.90 bits per heavy atom. The van der Waals surface area contributed by atoms with Crippen LogP contribution in [-0.2, 0) is 16.0 Å². The molecule has 0 saturated carbocycles. The highest BCUT2D eigenvalue weighted by Crippen LogP contribution is 2.28. The largest absolute Gasteiger partial charge is 0.378 e. The van der Waals surface area contributed by atoms with E-state index in [-0.39, 0.29) is 12.5 Å². The summed E-state index contributed by atoms with van der Waals surface area (Å²) in [6.07, 6.45) is 4.69. The van der Waals surface area contributed by atoms with Crippen molar-refractivity contribution in [2.24, 2.45) is 0 Å². The first kappa shape index (κ1) is 19.8. The maximum Gasteiger partial charge on any atom is 0.246 e. The molecule has 1 amide bonds. The highest BCUT2D eigenvalue weighted by molar-refractivity contribution is 5.98. The van der Waals surface area contributed by atoms with Crippen LogP contribution in [0.2, 0.25) is 0 Å². The minimum Gasteiger partial charge on any atom is -0.378 e. The molecule has 160 valence electrons. The molecule has 1 saturated heterocycles. The standard InChI is InChI=1S/C24H27N5O2/c30-23(29-10-4-3-6-18-5-1-2-7-22(18)29)16-25-24-20-15-19(28-11-13-31-14-12-28)8-9-21(20)26-17-27-24/h1-2,5,7-9,15,17H,3-4,6,10-14,16H2,(H,25,26,27). The number of aromatic nitrogens is 2. The van der Waals surface area contributed by atoms with Crippen molar-refractivity contribution in [1.82, 2.24) is 9.97 Å². The number of para-hydroxylation sites is 1. The van der Waals surface area contributed by atoms with Crippen LogP contribution < -0.4 is 15.1 Å². The molecule has 0 spiro atoms. The number of anilines is 3. The average molecular weight is 418 g/mol. The molecule has 1 N–H and O–H groups in total. The van der Waals surface area contributed by atoms with E-state index < -0.39 is 0 Å². The van der Waals surface area contributed by atoms with Gasteiger partial charge in [-0.2, -0.15) is 0 Å². The number of morpholine rings is 1. The van der Waals surface area contributed by atoms with Crippen LogP contribution in [0.15, 0.2) is 48.8 Å². The molecule has 31 heavy (non-hydrogen) atoms. The number of hydrogen-bond donors (Lipinski definition) is 1. The number of fused-ring (bicyclic) bond motifs is 2. The minimum absolute atomic E-state index is 0.0606. The summed E-state index contributed by atoms with van der Waals surface area (Å²) >= 11 is 0. The van der Waals surface area contributed by atoms with Gasteiger partial charge < -0.3 is 19.9 Å². The average Bonchev–Trinajstić information content (AvgIpc) is 3.05. The summed E-state index contributed by atoms with van der Waals surface area (Å²) in [5.74, 6) is 0.752. The fourth-order valence-electron chi connectivity index (χ4n) is 4.41. The first-order valence-electron chi connectivity index (χ1n) is 11.0. The van der Waals surface area contributed by atoms with Crippen molar-refractivity contribution in [3.05, 3.63) is 54.4 Å². The van der Waals surface area contributed by atoms with E-state index in [1.807, 2.05) is 29.2 Å². The molecule has 3 aromatic rings. The molecule has 0 unspecified atom stereocenters. The molecule has 0 atom stereocenters. The van der Waals surface area contributed by atoms with Gasteiger partial charge in [-0.3, -0.25) is 4.79 Å². The lowest BCUT2D eigenvalue weighted by Gasteiger charge is -2.29. The summed E-state index contributed by atoms with van der Waals surface area (Å²) in [4.78, 5) is 26.2. The van der Waals surface area contributed by atoms with Crippen LogP contribution in [0.1, 0.15) is 18.4 Å². The number of hydrogen-bond acceptors (Lipinski definition) is 6. The van der Waals surface area contributed by atoms with Crippen LogP contribution in [-0.4, -0.2) is 55.3 Å². The van der Waals surface area contributed by atoms with Gasteiger partial charge in [-0.15, -0.1) is 0 Å². The zero-order chi connectivity index (χ0) is 21.0. The molecule has 0 aliphatic carbocycles. The predicted octanol–water partition coefficient (Wildman–Crippen LogP) is 3.25. The Kier molecular flexibility index (Phi) is 5.67. The fraction of sp³-hybridized carbons (Fsp3) is 0.375. The van der Waals surface area contributed by atoms with Crippen molar-refractivity contribution in [3.63, 3.8) is 0 Å². The molecule has 2 aliphatic rings. The Morgan fingerprint density at radius 3 is 2.81 bits per heavy atom. The Bertz CT molecular complexity index is 1080. The van der Waals surface area contributed by atoms with E-state index in [1.165, 1.54) is 5.56 Å². The Morgan fingerprint density at radius 1 is 1.03 bits per heavy atom. The number of nitrogens with one attached hydrogen (secondary N) is 1. The molecule has 2 aromatic carbocycles. The van der Waals surface area contributed by atoms with Crippen LogP contribution in [0.25, 0.3) is 10.9 Å². The number of amides is 1. The lowest BCUT2D eigenvalue weighted by molar-refractivity contribution is -0.117. The molecular formula is C24H27N5O2. The summed E-state index contributed by atoms with van der Waals surface area (Å²) in [7, 11) is 0. The molecule has 3 heterocycles. The number of aryl methyl sites for hydroxylation is 1. The van der Waals surface area contributed by atoms with E-state index >= 15 is 0 Å². The number of carbonyl (C=O) groups is 1. The van der Waals surface area contributed by atoms with Gasteiger partial charge in [-0.05, 0) is 49.1 Å². The smallest absolute Gasteiger partial charge is 0.246 e. The van der Waals surface area contributed by atoms with Crippen molar-refractivity contribution < 1.29 is 9.53 Å². The number of nitrogens with zero attached hydrogens (tertiary/aromatic N) is 4. The van der Waals surface area contributed by atoms with Gasteiger partial charge in [0.05, 0.1) is 25.3 Å². The third-order valence-electron chi connectivity index (χ3n) is 6.06. The van der Waals surface area contributed by atoms with E-state index in [1.54, 1.807) is 6.33 Å². The molecule has 7 heteroatoms. The Hall–Kier alpha value is -3.19. The molecule has 0 bridgehead atoms. The van der Waals surface area contributed by atoms with E-state index in [0.717, 1.165) is 74.4 Å². The predicted molar refractivity (Wildman–Crippen MR) is 123 cm³/mol. The second kappa shape index (κ2) is 8.89. The summed E-state index contributed by atoms with van der Waals surface area (Å²) in [5, 5.41) is 4.21. The van der Waals surface area contributed by atoms with Gasteiger partial charge in [0.1, 0.15) is 12.1 Å². The lowest BCUT2D eigenvalue weighted by atomic mass is 10.1. The van der Waals surface area contributed by atoms with Crippen molar-refractivity contribution in [1.29, 1.82) is 0 Å². The van der Waals surface area contributed by atoms with Crippen LogP contribution in [0.4, 0.5) is 17.2 Å². The van der Waals surface area contributed by atoms with Crippen LogP contribution >= 0.6 is 0 Å². The zero-order valence-electron chi connectivity index (χ0n) is 17.6. The van der Waals surface area contributed by atoms with Crippen molar-refractivity contribution in [2.75, 3.05) is 54.5 Å². The highest BCUT2D eigenvalue weighted by Gasteiger charge is 2.21. The normalized spacial score (nSPS) is 16.6. The second-order valence-corrected chi connectivity index (χ2v) is 8.01. The van der Waals surface area contributed by atoms with Gasteiger partial charge in [0, 0.05) is 36.4 Å². The molecular weight excluding hydrogens is 390 g/mol. The quantitative estimate of drug-likeness (QED) is 0.703. The van der Waals surface area contributed by atoms with E-state index in [0.29, 0.717) is 5.82 Å². The molecule has 7 nitrogen and oxygen atoms in total. The van der Waals surface area contributed by atoms with Crippen molar-refractivity contribution in [3.8, 4) is 0 Å². The van der Waals surface area contributed by atoms with Gasteiger partial charge in [0.2, 0.25) is 5.91 Å². The van der Waals surface area contributed by atoms with Crippen LogP contribution in [0.3, 0.4) is 0 Å². The summed E-state index contributed by atoms with van der Waals surface area (Å²) < 4.78 is 5.47. The van der Waals surface area contributed by atoms with Crippen LogP contribution in [0, 0.1) is 0 Å². The SMILES string of the molecule is O=C(CNc1ncnc2ccc(N3CCOCC3)cc12)N1CCCCc2ccccc21. The topological polar surface area (TPSA) is 70.6 Å². The van der Waals surface area contributed by atoms with Gasteiger partial charge >= 0.3 is 0 Å². The summed E-state index contributed by atoms with van der Waals surface area (Å²) in [5.41, 5.74) is 4.27. The molecule has 1 fully saturated rings. The molecule has 2 aliphatic heterocycles. The first-order valence-corrected chi connectivity index (χ1v) is 11.0. The summed E-state index contributed by atoms with van der Waals surface area (Å²) in [6.45, 7) is 4.16. The third-order valence-corrected chi connectivity index (χ3v) is 6.06. The molecule has 5 rings (SSSR count). The first-order chi connectivity index (χ1) is 15.3. The summed E-state index contributed by atoms with van der Waals surface area (Å²) in [6, 6.07) is 14.4. The Labute approximate surface area is 182 Å². The maximum absolute atomic E-state index is 13.1. The fourth-order valence-corrected chi connectivity index (χ4v) is 4.41. The number of ether oxygens (including phenoxy) is 1. The molecule has 1 aromatic heterocycles. The van der Waals surface area contributed by atoms with Gasteiger partial charge in [0.25, 0.3) is 0 Å². The minimum atomic E-state index is 0.0606. The third kappa shape index (κ3) is 4.18. The van der Waals surface area contributed by atoms with Gasteiger partial charge in [0.15, 0.2) is 0 Å². The Balaban J connectivity index is 1.36. The van der Waals surface area contributed by atoms with E-state index in [2.05, 4.69) is 38.4 Å². The number of benzene rings is 2. The lowest BCUT2D eigenvalue weighted by Crippen LogP contribution is -2.36. The van der Waals surface area contributed by atoms with Crippen LogP contribution in [0.5, 0.6) is 0 Å². The number of rotatable bonds is 4. The second-order valence-electron chi connectivity index (χ2n) is 8.01. The molecule has 0 radical (unpaired) electrons. The zero-order valence-corrected chi connectivity index (χ0v) is 17.6. The van der Waals surface area contributed by atoms with Gasteiger partial charge in [-0.25, -0.2) is 9.97 Å². The van der Waals surface area contributed by atoms with E-state index in [4.69, 9.17) is 4.74 Å². The maximum atomic E-state index is 13.1. The highest BCUT2D eigenvalue weighted by atomic mass is 16.5. The number of carbonyl (C=O) groups excluding carboxylic acids is 1. The monoisotopic (exact) mass is 417 g/mol. The van der Waals surface area contributed by atoms with E-state index in [9.17, 15) is 4.79 Å².